The van der Waals surface area contributed by atoms with Crippen LogP contribution in [0.15, 0.2) is 0 Å². The minimum atomic E-state index is -0.275. The lowest BCUT2D eigenvalue weighted by atomic mass is 9.73. The van der Waals surface area contributed by atoms with Crippen LogP contribution in [0.3, 0.4) is 0 Å². The van der Waals surface area contributed by atoms with Crippen molar-refractivity contribution in [1.82, 2.24) is 0 Å². The lowest BCUT2D eigenvalue weighted by Crippen LogP contribution is -2.41. The van der Waals surface area contributed by atoms with Gasteiger partial charge in [-0.15, -0.1) is 0 Å². The molecule has 2 rings (SSSR count). The van der Waals surface area contributed by atoms with Crippen LogP contribution >= 0.6 is 0 Å². The van der Waals surface area contributed by atoms with E-state index < -0.39 is 0 Å². The zero-order valence-electron chi connectivity index (χ0n) is 11.5. The summed E-state index contributed by atoms with van der Waals surface area (Å²) in [6, 6.07) is 0. The van der Waals surface area contributed by atoms with Gasteiger partial charge in [0.2, 0.25) is 0 Å². The van der Waals surface area contributed by atoms with Gasteiger partial charge in [-0.1, -0.05) is 33.6 Å². The van der Waals surface area contributed by atoms with Crippen molar-refractivity contribution in [1.29, 1.82) is 0 Å². The Hall–Kier alpha value is -0.0800. The van der Waals surface area contributed by atoms with Crippen molar-refractivity contribution in [3.63, 3.8) is 0 Å². The minimum absolute atomic E-state index is 0.157. The second kappa shape index (κ2) is 5.27. The Morgan fingerprint density at radius 3 is 2.29 bits per heavy atom. The molecule has 0 spiro atoms. The number of aliphatic hydroxyl groups is 2. The Bertz CT molecular complexity index is 249. The van der Waals surface area contributed by atoms with E-state index >= 15 is 0 Å². The molecule has 4 unspecified atom stereocenters. The maximum atomic E-state index is 10.5. The van der Waals surface area contributed by atoms with E-state index in [1.165, 1.54) is 6.42 Å². The monoisotopic (exact) mass is 240 g/mol. The van der Waals surface area contributed by atoms with Gasteiger partial charge < -0.3 is 10.2 Å². The van der Waals surface area contributed by atoms with Crippen LogP contribution in [-0.4, -0.2) is 22.4 Å². The number of fused-ring (bicyclic) bond motifs is 1. The van der Waals surface area contributed by atoms with Crippen molar-refractivity contribution in [2.24, 2.45) is 29.6 Å². The van der Waals surface area contributed by atoms with Gasteiger partial charge in [-0.3, -0.25) is 0 Å². The summed E-state index contributed by atoms with van der Waals surface area (Å²) in [5.74, 6) is 2.16. The largest absolute Gasteiger partial charge is 0.392 e. The highest BCUT2D eigenvalue weighted by molar-refractivity contribution is 4.99. The van der Waals surface area contributed by atoms with Crippen LogP contribution in [0, 0.1) is 29.6 Å². The van der Waals surface area contributed by atoms with Gasteiger partial charge in [0.1, 0.15) is 0 Å². The molecule has 2 heteroatoms. The normalized spacial score (nSPS) is 46.2. The molecule has 6 atom stereocenters. The zero-order valence-corrected chi connectivity index (χ0v) is 11.5. The van der Waals surface area contributed by atoms with Crippen molar-refractivity contribution in [2.45, 2.75) is 65.1 Å². The topological polar surface area (TPSA) is 40.5 Å². The molecule has 2 aliphatic carbocycles. The molecule has 0 heterocycles. The molecule has 0 aromatic heterocycles. The predicted molar refractivity (Wildman–Crippen MR) is 69.6 cm³/mol. The SMILES string of the molecule is CCC(CC)[C@H]1CC2CC[C@H](C)C(O)C2C1O. The first-order valence-corrected chi connectivity index (χ1v) is 7.46. The molecule has 0 aromatic carbocycles. The fraction of sp³-hybridized carbons (Fsp3) is 1.00. The molecule has 0 amide bonds. The summed E-state index contributed by atoms with van der Waals surface area (Å²) < 4.78 is 0. The van der Waals surface area contributed by atoms with Gasteiger partial charge in [0.25, 0.3) is 0 Å². The van der Waals surface area contributed by atoms with Crippen LogP contribution in [0.4, 0.5) is 0 Å². The molecule has 17 heavy (non-hydrogen) atoms. The first kappa shape index (κ1) is 13.4. The Kier molecular flexibility index (Phi) is 4.14. The van der Waals surface area contributed by atoms with Gasteiger partial charge in [0, 0.05) is 5.92 Å². The maximum Gasteiger partial charge on any atom is 0.0626 e. The van der Waals surface area contributed by atoms with Gasteiger partial charge in [-0.2, -0.15) is 0 Å². The lowest BCUT2D eigenvalue weighted by molar-refractivity contribution is -0.0532. The van der Waals surface area contributed by atoms with Crippen LogP contribution in [0.5, 0.6) is 0 Å². The van der Waals surface area contributed by atoms with E-state index in [0.717, 1.165) is 25.7 Å². The molecule has 2 saturated carbocycles. The molecule has 0 aromatic rings. The predicted octanol–water partition coefficient (Wildman–Crippen LogP) is 2.83. The summed E-state index contributed by atoms with van der Waals surface area (Å²) in [5.41, 5.74) is 0. The van der Waals surface area contributed by atoms with Crippen molar-refractivity contribution in [3.05, 3.63) is 0 Å². The van der Waals surface area contributed by atoms with Crippen LogP contribution in [0.2, 0.25) is 0 Å². The minimum Gasteiger partial charge on any atom is -0.392 e. The highest BCUT2D eigenvalue weighted by Crippen LogP contribution is 2.50. The van der Waals surface area contributed by atoms with Crippen molar-refractivity contribution in [3.8, 4) is 0 Å². The van der Waals surface area contributed by atoms with E-state index in [1.54, 1.807) is 0 Å². The highest BCUT2D eigenvalue weighted by Gasteiger charge is 2.50. The molecular formula is C15H28O2. The molecule has 100 valence electrons. The summed E-state index contributed by atoms with van der Waals surface area (Å²) in [4.78, 5) is 0. The molecule has 2 fully saturated rings. The Labute approximate surface area is 105 Å². The lowest BCUT2D eigenvalue weighted by Gasteiger charge is -2.37. The number of aliphatic hydroxyl groups excluding tert-OH is 2. The second-order valence-corrected chi connectivity index (χ2v) is 6.35. The number of rotatable bonds is 3. The van der Waals surface area contributed by atoms with E-state index in [1.807, 2.05) is 0 Å². The van der Waals surface area contributed by atoms with Crippen LogP contribution in [-0.2, 0) is 0 Å². The Morgan fingerprint density at radius 1 is 1.06 bits per heavy atom. The Morgan fingerprint density at radius 2 is 1.71 bits per heavy atom. The van der Waals surface area contributed by atoms with Gasteiger partial charge in [0.15, 0.2) is 0 Å². The van der Waals surface area contributed by atoms with E-state index in [-0.39, 0.29) is 18.1 Å². The third kappa shape index (κ3) is 2.26. The number of hydrogen-bond donors (Lipinski definition) is 2. The van der Waals surface area contributed by atoms with Gasteiger partial charge in [-0.05, 0) is 42.9 Å². The second-order valence-electron chi connectivity index (χ2n) is 6.35. The molecule has 2 nitrogen and oxygen atoms in total. The quantitative estimate of drug-likeness (QED) is 0.796. The highest BCUT2D eigenvalue weighted by atomic mass is 16.3. The third-order valence-corrected chi connectivity index (χ3v) is 5.58. The summed E-state index contributed by atoms with van der Waals surface area (Å²) in [5, 5.41) is 20.8. The fourth-order valence-corrected chi connectivity index (χ4v) is 4.39. The van der Waals surface area contributed by atoms with E-state index in [2.05, 4.69) is 20.8 Å². The van der Waals surface area contributed by atoms with Crippen LogP contribution in [0.1, 0.15) is 52.9 Å². The van der Waals surface area contributed by atoms with Crippen LogP contribution in [0.25, 0.3) is 0 Å². The van der Waals surface area contributed by atoms with Crippen molar-refractivity contribution in [2.75, 3.05) is 0 Å². The molecule has 0 bridgehead atoms. The summed E-state index contributed by atoms with van der Waals surface area (Å²) in [6.07, 6.45) is 5.25. The summed E-state index contributed by atoms with van der Waals surface area (Å²) in [6.45, 7) is 6.57. The van der Waals surface area contributed by atoms with E-state index in [4.69, 9.17) is 0 Å². The van der Waals surface area contributed by atoms with E-state index in [0.29, 0.717) is 23.7 Å². The van der Waals surface area contributed by atoms with Gasteiger partial charge in [-0.25, -0.2) is 0 Å². The van der Waals surface area contributed by atoms with Crippen molar-refractivity contribution >= 4 is 0 Å². The standard InChI is InChI=1S/C15H28O2/c1-4-10(5-2)12-8-11-7-6-9(3)14(16)13(11)15(12)17/h9-17H,4-8H2,1-3H3/t9-,11?,12+,13?,14?,15?/m0/s1. The van der Waals surface area contributed by atoms with Crippen LogP contribution < -0.4 is 0 Å². The van der Waals surface area contributed by atoms with Gasteiger partial charge >= 0.3 is 0 Å². The first-order valence-electron chi connectivity index (χ1n) is 7.46. The average Bonchev–Trinajstić information content (AvgIpc) is 2.64. The smallest absolute Gasteiger partial charge is 0.0626 e. The molecule has 2 aliphatic rings. The number of hydrogen-bond acceptors (Lipinski definition) is 2. The zero-order chi connectivity index (χ0) is 12.6. The molecular weight excluding hydrogens is 212 g/mol. The first-order chi connectivity index (χ1) is 8.10. The molecule has 0 aliphatic heterocycles. The fourth-order valence-electron chi connectivity index (χ4n) is 4.39. The maximum absolute atomic E-state index is 10.5. The van der Waals surface area contributed by atoms with Crippen molar-refractivity contribution < 1.29 is 10.2 Å². The molecule has 0 radical (unpaired) electrons. The third-order valence-electron chi connectivity index (χ3n) is 5.58. The average molecular weight is 240 g/mol. The van der Waals surface area contributed by atoms with E-state index in [9.17, 15) is 10.2 Å². The summed E-state index contributed by atoms with van der Waals surface area (Å²) >= 11 is 0. The summed E-state index contributed by atoms with van der Waals surface area (Å²) in [7, 11) is 0. The molecule has 0 saturated heterocycles. The molecule has 2 N–H and O–H groups in total. The van der Waals surface area contributed by atoms with Gasteiger partial charge in [0.05, 0.1) is 12.2 Å². The Balaban J connectivity index is 2.11.